The van der Waals surface area contributed by atoms with Crippen LogP contribution in [0.3, 0.4) is 0 Å². The van der Waals surface area contributed by atoms with E-state index >= 15 is 0 Å². The van der Waals surface area contributed by atoms with Gasteiger partial charge in [-0.15, -0.1) is 0 Å². The van der Waals surface area contributed by atoms with Crippen LogP contribution in [0.15, 0.2) is 36.5 Å². The van der Waals surface area contributed by atoms with Crippen LogP contribution in [0.5, 0.6) is 0 Å². The summed E-state index contributed by atoms with van der Waals surface area (Å²) >= 11 is 0. The van der Waals surface area contributed by atoms with Gasteiger partial charge in [-0.1, -0.05) is 185 Å². The van der Waals surface area contributed by atoms with Crippen molar-refractivity contribution in [2.24, 2.45) is 0 Å². The fourth-order valence-corrected chi connectivity index (χ4v) is 6.93. The first-order valence-corrected chi connectivity index (χ1v) is 22.4. The third-order valence-corrected chi connectivity index (χ3v) is 10.2. The molecule has 0 aromatic rings. The van der Waals surface area contributed by atoms with E-state index in [0.29, 0.717) is 6.42 Å². The zero-order chi connectivity index (χ0) is 37.0. The number of hydrogen-bond donors (Lipinski definition) is 4. The van der Waals surface area contributed by atoms with Gasteiger partial charge in [0.05, 0.1) is 17.9 Å². The predicted molar refractivity (Wildman–Crippen MR) is 213 cm³/mol. The maximum absolute atomic E-state index is 12.6. The summed E-state index contributed by atoms with van der Waals surface area (Å²) in [5, 5.41) is 23.3. The topological polar surface area (TPSA) is 124 Å². The number of carbonyl (C=O) groups is 1. The standard InChI is InChI=1S/C42H79NO6S/c1-3-5-7-9-11-13-15-16-17-18-19-20-21-22-23-24-25-27-29-31-33-35-37-41(45)42(46)43-39(38-50(47,48)49)40(44)36-34-32-30-28-26-14-12-10-8-6-4-2/h19-20,22-23,34,36,39-41,44-45H,3-18,21,24-33,35,37-38H2,1-2H3,(H,43,46)(H,47,48,49)/b20-19-,23-22-,36-34+. The molecule has 0 aromatic heterocycles. The van der Waals surface area contributed by atoms with Crippen molar-refractivity contribution in [3.8, 4) is 0 Å². The fraction of sp³-hybridized carbons (Fsp3) is 0.833. The highest BCUT2D eigenvalue weighted by Gasteiger charge is 2.27. The average molecular weight is 726 g/mol. The van der Waals surface area contributed by atoms with Gasteiger partial charge in [-0.3, -0.25) is 9.35 Å². The summed E-state index contributed by atoms with van der Waals surface area (Å²) in [5.74, 6) is -1.55. The lowest BCUT2D eigenvalue weighted by atomic mass is 10.0. The Bertz CT molecular complexity index is 948. The lowest BCUT2D eigenvalue weighted by molar-refractivity contribution is -0.130. The predicted octanol–water partition coefficient (Wildman–Crippen LogP) is 11.1. The highest BCUT2D eigenvalue weighted by Crippen LogP contribution is 2.14. The van der Waals surface area contributed by atoms with Crippen LogP contribution in [-0.2, 0) is 14.9 Å². The Kier molecular flexibility index (Phi) is 34.8. The monoisotopic (exact) mass is 726 g/mol. The van der Waals surface area contributed by atoms with Crippen molar-refractivity contribution in [1.82, 2.24) is 5.32 Å². The molecule has 294 valence electrons. The molecule has 0 radical (unpaired) electrons. The largest absolute Gasteiger partial charge is 0.387 e. The van der Waals surface area contributed by atoms with Gasteiger partial charge in [0.1, 0.15) is 6.10 Å². The number of aliphatic hydroxyl groups is 2. The molecule has 0 heterocycles. The van der Waals surface area contributed by atoms with Crippen molar-refractivity contribution in [2.45, 2.75) is 218 Å². The number of carbonyl (C=O) groups excluding carboxylic acids is 1. The number of amides is 1. The van der Waals surface area contributed by atoms with Crippen LogP contribution in [0.2, 0.25) is 0 Å². The minimum atomic E-state index is -4.44. The smallest absolute Gasteiger partial charge is 0.267 e. The van der Waals surface area contributed by atoms with E-state index in [1.807, 2.05) is 0 Å². The van der Waals surface area contributed by atoms with Crippen molar-refractivity contribution < 1.29 is 28.0 Å². The highest BCUT2D eigenvalue weighted by atomic mass is 32.2. The molecule has 0 bridgehead atoms. The average Bonchev–Trinajstić information content (AvgIpc) is 3.08. The Morgan fingerprint density at radius 3 is 1.36 bits per heavy atom. The molecule has 0 saturated heterocycles. The van der Waals surface area contributed by atoms with Gasteiger partial charge in [0.15, 0.2) is 0 Å². The second kappa shape index (κ2) is 35.9. The molecular weight excluding hydrogens is 647 g/mol. The van der Waals surface area contributed by atoms with Crippen LogP contribution in [-0.4, -0.2) is 53.1 Å². The van der Waals surface area contributed by atoms with E-state index < -0.39 is 40.0 Å². The van der Waals surface area contributed by atoms with Crippen molar-refractivity contribution >= 4 is 16.0 Å². The highest BCUT2D eigenvalue weighted by molar-refractivity contribution is 7.85. The molecule has 0 saturated carbocycles. The number of unbranched alkanes of at least 4 members (excludes halogenated alkanes) is 24. The van der Waals surface area contributed by atoms with E-state index in [2.05, 4.69) is 43.5 Å². The summed E-state index contributed by atoms with van der Waals surface area (Å²) in [5.41, 5.74) is 0. The summed E-state index contributed by atoms with van der Waals surface area (Å²) in [6.07, 6.45) is 43.5. The molecule has 0 aliphatic rings. The van der Waals surface area contributed by atoms with E-state index in [4.69, 9.17) is 0 Å². The molecule has 7 nitrogen and oxygen atoms in total. The van der Waals surface area contributed by atoms with Crippen LogP contribution in [0.25, 0.3) is 0 Å². The minimum Gasteiger partial charge on any atom is -0.387 e. The van der Waals surface area contributed by atoms with Crippen molar-refractivity contribution in [1.29, 1.82) is 0 Å². The van der Waals surface area contributed by atoms with Gasteiger partial charge in [-0.2, -0.15) is 8.42 Å². The number of nitrogens with one attached hydrogen (secondary N) is 1. The van der Waals surface area contributed by atoms with E-state index in [-0.39, 0.29) is 6.42 Å². The Hall–Kier alpha value is -1.48. The number of allylic oxidation sites excluding steroid dienone is 5. The zero-order valence-corrected chi connectivity index (χ0v) is 33.2. The summed E-state index contributed by atoms with van der Waals surface area (Å²) in [6.45, 7) is 4.49. The second-order valence-corrected chi connectivity index (χ2v) is 15.9. The Morgan fingerprint density at radius 2 is 0.940 bits per heavy atom. The quantitative estimate of drug-likeness (QED) is 0.0287. The molecule has 8 heteroatoms. The fourth-order valence-electron chi connectivity index (χ4n) is 6.19. The molecule has 3 unspecified atom stereocenters. The van der Waals surface area contributed by atoms with Gasteiger partial charge < -0.3 is 15.5 Å². The summed E-state index contributed by atoms with van der Waals surface area (Å²) in [4.78, 5) is 12.6. The van der Waals surface area contributed by atoms with Crippen LogP contribution in [0.4, 0.5) is 0 Å². The molecule has 3 atom stereocenters. The van der Waals surface area contributed by atoms with Gasteiger partial charge in [0, 0.05) is 0 Å². The lowest BCUT2D eigenvalue weighted by Crippen LogP contribution is -2.50. The summed E-state index contributed by atoms with van der Waals surface area (Å²) in [6, 6.07) is -1.24. The molecule has 0 aliphatic heterocycles. The summed E-state index contributed by atoms with van der Waals surface area (Å²) in [7, 11) is -4.44. The van der Waals surface area contributed by atoms with Crippen LogP contribution in [0.1, 0.15) is 200 Å². The SMILES string of the molecule is CCCCCCCCCCC/C=C\C/C=C\CCCCCCCCC(O)C(=O)NC(CS(=O)(=O)O)C(O)/C=C/CCCCCCCCCCC. The number of rotatable bonds is 37. The minimum absolute atomic E-state index is 0.268. The van der Waals surface area contributed by atoms with Crippen LogP contribution < -0.4 is 5.32 Å². The van der Waals surface area contributed by atoms with Crippen LogP contribution in [0, 0.1) is 0 Å². The molecule has 0 fully saturated rings. The van der Waals surface area contributed by atoms with Crippen molar-refractivity contribution in [3.63, 3.8) is 0 Å². The first-order chi connectivity index (χ1) is 24.2. The first-order valence-electron chi connectivity index (χ1n) is 20.8. The van der Waals surface area contributed by atoms with Gasteiger partial charge in [0.2, 0.25) is 5.91 Å². The van der Waals surface area contributed by atoms with Gasteiger partial charge >= 0.3 is 0 Å². The Balaban J connectivity index is 3.99. The third-order valence-electron chi connectivity index (χ3n) is 9.42. The first kappa shape index (κ1) is 48.5. The maximum Gasteiger partial charge on any atom is 0.267 e. The normalized spacial score (nSPS) is 14.3. The van der Waals surface area contributed by atoms with Gasteiger partial charge in [-0.05, 0) is 51.4 Å². The van der Waals surface area contributed by atoms with E-state index in [1.54, 1.807) is 6.08 Å². The lowest BCUT2D eigenvalue weighted by Gasteiger charge is -2.22. The third kappa shape index (κ3) is 34.9. The molecule has 4 N–H and O–H groups in total. The Morgan fingerprint density at radius 1 is 0.560 bits per heavy atom. The molecule has 1 amide bonds. The number of aliphatic hydroxyl groups excluding tert-OH is 2. The van der Waals surface area contributed by atoms with E-state index in [0.717, 1.165) is 64.2 Å². The molecule has 0 spiro atoms. The molecule has 0 aliphatic carbocycles. The maximum atomic E-state index is 12.6. The van der Waals surface area contributed by atoms with Gasteiger partial charge in [-0.25, -0.2) is 0 Å². The second-order valence-electron chi connectivity index (χ2n) is 14.4. The number of hydrogen-bond acceptors (Lipinski definition) is 5. The van der Waals surface area contributed by atoms with Crippen molar-refractivity contribution in [3.05, 3.63) is 36.5 Å². The van der Waals surface area contributed by atoms with Crippen molar-refractivity contribution in [2.75, 3.05) is 5.75 Å². The van der Waals surface area contributed by atoms with Crippen LogP contribution >= 0.6 is 0 Å². The van der Waals surface area contributed by atoms with E-state index in [9.17, 15) is 28.0 Å². The zero-order valence-electron chi connectivity index (χ0n) is 32.4. The molecule has 50 heavy (non-hydrogen) atoms. The summed E-state index contributed by atoms with van der Waals surface area (Å²) < 4.78 is 32.4. The Labute approximate surface area is 309 Å². The van der Waals surface area contributed by atoms with Gasteiger partial charge in [0.25, 0.3) is 10.1 Å². The molecule has 0 aromatic carbocycles. The molecular formula is C42H79NO6S. The molecule has 0 rings (SSSR count). The van der Waals surface area contributed by atoms with E-state index in [1.165, 1.54) is 115 Å².